The first-order valence-electron chi connectivity index (χ1n) is 4.97. The Morgan fingerprint density at radius 2 is 2.17 bits per heavy atom. The number of rotatable bonds is 5. The zero-order valence-corrected chi connectivity index (χ0v) is 10.9. The average molecular weight is 292 g/mol. The Hall–Kier alpha value is -1.37. The van der Waals surface area contributed by atoms with Gasteiger partial charge in [-0.2, -0.15) is 0 Å². The van der Waals surface area contributed by atoms with Crippen LogP contribution in [0.15, 0.2) is 12.3 Å². The molecule has 0 fully saturated rings. The van der Waals surface area contributed by atoms with Crippen molar-refractivity contribution in [1.29, 1.82) is 0 Å². The van der Waals surface area contributed by atoms with Crippen LogP contribution in [0, 0.1) is 0 Å². The summed E-state index contributed by atoms with van der Waals surface area (Å²) in [4.78, 5) is 25.8. The summed E-state index contributed by atoms with van der Waals surface area (Å²) in [5.74, 6) is -1.30. The fourth-order valence-electron chi connectivity index (χ4n) is 1.02. The molecule has 1 amide bonds. The number of carboxylic acids is 1. The standard InChI is InChI=1S/C10H11Cl2N3O3/c1-5(10(17)18)13-4-8(16)15-9-7(12)2-6(11)3-14-9/h2-3,5,13H,4H2,1H3,(H,17,18)(H,14,15,16)/t5-/m0/s1. The van der Waals surface area contributed by atoms with Crippen LogP contribution in [0.4, 0.5) is 5.82 Å². The van der Waals surface area contributed by atoms with Crippen LogP contribution in [0.3, 0.4) is 0 Å². The van der Waals surface area contributed by atoms with Crippen molar-refractivity contribution in [3.63, 3.8) is 0 Å². The number of anilines is 1. The Kier molecular flexibility index (Phi) is 5.33. The zero-order chi connectivity index (χ0) is 13.7. The summed E-state index contributed by atoms with van der Waals surface area (Å²) in [6.45, 7) is 1.28. The largest absolute Gasteiger partial charge is 0.480 e. The maximum Gasteiger partial charge on any atom is 0.320 e. The molecule has 1 aromatic heterocycles. The van der Waals surface area contributed by atoms with E-state index in [0.29, 0.717) is 5.02 Å². The molecule has 0 aliphatic rings. The van der Waals surface area contributed by atoms with Gasteiger partial charge in [0.15, 0.2) is 5.82 Å². The van der Waals surface area contributed by atoms with Crippen LogP contribution in [0.2, 0.25) is 10.0 Å². The molecule has 1 heterocycles. The number of aromatic nitrogens is 1. The molecule has 6 nitrogen and oxygen atoms in total. The molecule has 1 rings (SSSR count). The van der Waals surface area contributed by atoms with Crippen molar-refractivity contribution in [3.8, 4) is 0 Å². The molecule has 0 saturated carbocycles. The first kappa shape index (κ1) is 14.7. The van der Waals surface area contributed by atoms with Gasteiger partial charge in [0.2, 0.25) is 5.91 Å². The molecule has 0 aliphatic carbocycles. The van der Waals surface area contributed by atoms with Crippen molar-refractivity contribution in [1.82, 2.24) is 10.3 Å². The fraction of sp³-hybridized carbons (Fsp3) is 0.300. The Balaban J connectivity index is 2.52. The lowest BCUT2D eigenvalue weighted by molar-refractivity contribution is -0.139. The smallest absolute Gasteiger partial charge is 0.320 e. The van der Waals surface area contributed by atoms with E-state index in [0.717, 1.165) is 0 Å². The van der Waals surface area contributed by atoms with Gasteiger partial charge in [-0.15, -0.1) is 0 Å². The van der Waals surface area contributed by atoms with Gasteiger partial charge in [0, 0.05) is 6.20 Å². The number of carbonyl (C=O) groups excluding carboxylic acids is 1. The van der Waals surface area contributed by atoms with Crippen LogP contribution in [0.5, 0.6) is 0 Å². The Morgan fingerprint density at radius 1 is 1.50 bits per heavy atom. The van der Waals surface area contributed by atoms with Gasteiger partial charge in [-0.25, -0.2) is 4.98 Å². The molecule has 0 aliphatic heterocycles. The average Bonchev–Trinajstić information content (AvgIpc) is 2.29. The number of nitrogens with one attached hydrogen (secondary N) is 2. The van der Waals surface area contributed by atoms with Gasteiger partial charge in [0.05, 0.1) is 16.6 Å². The topological polar surface area (TPSA) is 91.3 Å². The van der Waals surface area contributed by atoms with Gasteiger partial charge in [0.1, 0.15) is 6.04 Å². The van der Waals surface area contributed by atoms with E-state index in [4.69, 9.17) is 28.3 Å². The third-order valence-electron chi connectivity index (χ3n) is 2.00. The Labute approximate surface area is 113 Å². The molecule has 3 N–H and O–H groups in total. The number of hydrogen-bond donors (Lipinski definition) is 3. The van der Waals surface area contributed by atoms with Gasteiger partial charge in [-0.05, 0) is 13.0 Å². The number of carboxylic acid groups (broad SMARTS) is 1. The molecular formula is C10H11Cl2N3O3. The highest BCUT2D eigenvalue weighted by Gasteiger charge is 2.13. The van der Waals surface area contributed by atoms with Crippen molar-refractivity contribution in [2.75, 3.05) is 11.9 Å². The predicted molar refractivity (Wildman–Crippen MR) is 68.0 cm³/mol. The first-order chi connectivity index (χ1) is 8.40. The van der Waals surface area contributed by atoms with E-state index in [9.17, 15) is 9.59 Å². The summed E-state index contributed by atoms with van der Waals surface area (Å²) in [7, 11) is 0. The van der Waals surface area contributed by atoms with Crippen molar-refractivity contribution in [2.24, 2.45) is 0 Å². The summed E-state index contributed by atoms with van der Waals surface area (Å²) < 4.78 is 0. The highest BCUT2D eigenvalue weighted by atomic mass is 35.5. The minimum absolute atomic E-state index is 0.159. The Bertz CT molecular complexity index is 468. The third kappa shape index (κ3) is 4.48. The maximum absolute atomic E-state index is 11.5. The molecule has 0 bridgehead atoms. The number of halogens is 2. The summed E-state index contributed by atoms with van der Waals surface area (Å²) in [6, 6.07) is 0.628. The molecule has 98 valence electrons. The number of hydrogen-bond acceptors (Lipinski definition) is 4. The zero-order valence-electron chi connectivity index (χ0n) is 9.41. The lowest BCUT2D eigenvalue weighted by Crippen LogP contribution is -2.39. The van der Waals surface area contributed by atoms with E-state index in [1.807, 2.05) is 0 Å². The lowest BCUT2D eigenvalue weighted by Gasteiger charge is -2.09. The second-order valence-corrected chi connectivity index (χ2v) is 4.32. The van der Waals surface area contributed by atoms with Gasteiger partial charge in [-0.3, -0.25) is 14.9 Å². The van der Waals surface area contributed by atoms with Crippen LogP contribution in [-0.4, -0.2) is 34.6 Å². The third-order valence-corrected chi connectivity index (χ3v) is 2.50. The van der Waals surface area contributed by atoms with Gasteiger partial charge in [-0.1, -0.05) is 23.2 Å². The summed E-state index contributed by atoms with van der Waals surface area (Å²) in [6.07, 6.45) is 1.34. The van der Waals surface area contributed by atoms with Gasteiger partial charge < -0.3 is 10.4 Å². The molecule has 0 radical (unpaired) electrons. The number of amides is 1. The van der Waals surface area contributed by atoms with E-state index < -0.39 is 17.9 Å². The van der Waals surface area contributed by atoms with E-state index in [-0.39, 0.29) is 17.4 Å². The predicted octanol–water partition coefficient (Wildman–Crippen LogP) is 1.39. The van der Waals surface area contributed by atoms with Crippen molar-refractivity contribution in [3.05, 3.63) is 22.3 Å². The molecule has 1 aromatic rings. The molecule has 0 unspecified atom stereocenters. The van der Waals surface area contributed by atoms with Crippen LogP contribution in [0.1, 0.15) is 6.92 Å². The number of aliphatic carboxylic acids is 1. The summed E-state index contributed by atoms with van der Waals surface area (Å²) in [5.41, 5.74) is 0. The summed E-state index contributed by atoms with van der Waals surface area (Å²) in [5, 5.41) is 14.1. The molecule has 0 aromatic carbocycles. The molecular weight excluding hydrogens is 281 g/mol. The van der Waals surface area contributed by atoms with E-state index in [2.05, 4.69) is 15.6 Å². The van der Waals surface area contributed by atoms with Crippen molar-refractivity contribution < 1.29 is 14.7 Å². The molecule has 0 saturated heterocycles. The van der Waals surface area contributed by atoms with Gasteiger partial charge >= 0.3 is 5.97 Å². The SMILES string of the molecule is C[C@H](NCC(=O)Nc1ncc(Cl)cc1Cl)C(=O)O. The van der Waals surface area contributed by atoms with Crippen LogP contribution < -0.4 is 10.6 Å². The minimum atomic E-state index is -1.04. The van der Waals surface area contributed by atoms with Crippen LogP contribution in [0.25, 0.3) is 0 Å². The van der Waals surface area contributed by atoms with Crippen molar-refractivity contribution >= 4 is 40.9 Å². The van der Waals surface area contributed by atoms with Crippen LogP contribution in [-0.2, 0) is 9.59 Å². The molecule has 0 spiro atoms. The highest BCUT2D eigenvalue weighted by Crippen LogP contribution is 2.22. The van der Waals surface area contributed by atoms with E-state index >= 15 is 0 Å². The quantitative estimate of drug-likeness (QED) is 0.763. The molecule has 18 heavy (non-hydrogen) atoms. The van der Waals surface area contributed by atoms with Crippen LogP contribution >= 0.6 is 23.2 Å². The van der Waals surface area contributed by atoms with E-state index in [1.165, 1.54) is 19.2 Å². The number of carbonyl (C=O) groups is 2. The number of pyridine rings is 1. The first-order valence-corrected chi connectivity index (χ1v) is 5.73. The van der Waals surface area contributed by atoms with E-state index in [1.54, 1.807) is 0 Å². The minimum Gasteiger partial charge on any atom is -0.480 e. The Morgan fingerprint density at radius 3 is 2.72 bits per heavy atom. The maximum atomic E-state index is 11.5. The molecule has 8 heteroatoms. The highest BCUT2D eigenvalue weighted by molar-refractivity contribution is 6.36. The fourth-order valence-corrected chi connectivity index (χ4v) is 1.44. The van der Waals surface area contributed by atoms with Crippen molar-refractivity contribution in [2.45, 2.75) is 13.0 Å². The normalized spacial score (nSPS) is 11.9. The summed E-state index contributed by atoms with van der Waals surface area (Å²) >= 11 is 11.5. The second-order valence-electron chi connectivity index (χ2n) is 3.47. The molecule has 1 atom stereocenters. The monoisotopic (exact) mass is 291 g/mol. The lowest BCUT2D eigenvalue weighted by atomic mass is 10.3. The van der Waals surface area contributed by atoms with Gasteiger partial charge in [0.25, 0.3) is 0 Å². The second kappa shape index (κ2) is 6.53. The number of nitrogens with zero attached hydrogens (tertiary/aromatic N) is 1.